The number of nitrogens with one attached hydrogen (secondary N) is 2. The van der Waals surface area contributed by atoms with Gasteiger partial charge >= 0.3 is 12.1 Å². The normalized spacial score (nSPS) is 11.3. The lowest BCUT2D eigenvalue weighted by Crippen LogP contribution is -2.29. The first kappa shape index (κ1) is 15.0. The van der Waals surface area contributed by atoms with Crippen molar-refractivity contribution in [3.63, 3.8) is 0 Å². The van der Waals surface area contributed by atoms with Gasteiger partial charge in [-0.05, 0) is 18.2 Å². The zero-order valence-corrected chi connectivity index (χ0v) is 10.3. The van der Waals surface area contributed by atoms with Gasteiger partial charge in [0.15, 0.2) is 0 Å². The summed E-state index contributed by atoms with van der Waals surface area (Å²) in [4.78, 5) is 22.2. The van der Waals surface area contributed by atoms with Gasteiger partial charge in [-0.25, -0.2) is 0 Å². The molecule has 1 aromatic rings. The van der Waals surface area contributed by atoms with Crippen molar-refractivity contribution in [3.05, 3.63) is 24.3 Å². The van der Waals surface area contributed by atoms with Gasteiger partial charge in [0.05, 0.1) is 0 Å². The van der Waals surface area contributed by atoms with E-state index in [1.54, 1.807) is 19.2 Å². The number of amides is 2. The highest BCUT2D eigenvalue weighted by Gasteiger charge is 2.38. The van der Waals surface area contributed by atoms with Crippen LogP contribution in [0.1, 0.15) is 13.8 Å². The summed E-state index contributed by atoms with van der Waals surface area (Å²) in [6.45, 7) is 3.37. The van der Waals surface area contributed by atoms with Gasteiger partial charge in [-0.1, -0.05) is 19.9 Å². The van der Waals surface area contributed by atoms with Crippen LogP contribution in [0.2, 0.25) is 0 Å². The summed E-state index contributed by atoms with van der Waals surface area (Å²) in [6.07, 6.45) is -4.95. The summed E-state index contributed by atoms with van der Waals surface area (Å²) in [5, 5.41) is 4.23. The summed E-state index contributed by atoms with van der Waals surface area (Å²) in [5.74, 6) is -2.58. The monoisotopic (exact) mass is 274 g/mol. The van der Waals surface area contributed by atoms with E-state index in [-0.39, 0.29) is 17.5 Å². The molecule has 0 saturated carbocycles. The van der Waals surface area contributed by atoms with E-state index in [1.165, 1.54) is 24.3 Å². The summed E-state index contributed by atoms with van der Waals surface area (Å²) in [5.41, 5.74) is 0.280. The Hall–Kier alpha value is -2.05. The topological polar surface area (TPSA) is 58.2 Å². The highest BCUT2D eigenvalue weighted by molar-refractivity contribution is 5.96. The van der Waals surface area contributed by atoms with Crippen LogP contribution in [0, 0.1) is 5.92 Å². The molecule has 0 atom stereocenters. The molecule has 2 N–H and O–H groups in total. The lowest BCUT2D eigenvalue weighted by atomic mass is 10.2. The zero-order valence-electron chi connectivity index (χ0n) is 10.3. The van der Waals surface area contributed by atoms with Gasteiger partial charge in [0.1, 0.15) is 0 Å². The number of alkyl halides is 3. The maximum atomic E-state index is 12.1. The van der Waals surface area contributed by atoms with E-state index in [4.69, 9.17) is 0 Å². The second-order valence-corrected chi connectivity index (χ2v) is 4.18. The number of halogens is 3. The van der Waals surface area contributed by atoms with Gasteiger partial charge in [0.2, 0.25) is 5.91 Å². The molecular weight excluding hydrogens is 261 g/mol. The third-order valence-electron chi connectivity index (χ3n) is 2.17. The Balaban J connectivity index is 2.78. The SMILES string of the molecule is CC(C)C(=O)Nc1cccc(NC(=O)C(F)(F)F)c1. The molecule has 0 spiro atoms. The smallest absolute Gasteiger partial charge is 0.326 e. The second-order valence-electron chi connectivity index (χ2n) is 4.18. The third kappa shape index (κ3) is 4.61. The summed E-state index contributed by atoms with van der Waals surface area (Å²) >= 11 is 0. The molecule has 1 rings (SSSR count). The molecule has 0 aliphatic rings. The summed E-state index contributed by atoms with van der Waals surface area (Å²) in [7, 11) is 0. The van der Waals surface area contributed by atoms with Crippen molar-refractivity contribution in [2.75, 3.05) is 10.6 Å². The number of hydrogen-bond acceptors (Lipinski definition) is 2. The van der Waals surface area contributed by atoms with Gasteiger partial charge in [-0.2, -0.15) is 13.2 Å². The first-order chi connectivity index (χ1) is 8.70. The molecule has 0 aromatic heterocycles. The number of hydrogen-bond donors (Lipinski definition) is 2. The number of carbonyl (C=O) groups is 2. The molecule has 0 bridgehead atoms. The predicted molar refractivity (Wildman–Crippen MR) is 64.6 cm³/mol. The maximum absolute atomic E-state index is 12.1. The number of benzene rings is 1. The molecular formula is C12H13F3N2O2. The second kappa shape index (κ2) is 5.73. The van der Waals surface area contributed by atoms with Crippen LogP contribution in [0.15, 0.2) is 24.3 Å². The van der Waals surface area contributed by atoms with E-state index in [0.717, 1.165) is 0 Å². The van der Waals surface area contributed by atoms with Gasteiger partial charge in [-0.3, -0.25) is 9.59 Å². The zero-order chi connectivity index (χ0) is 14.6. The Labute approximate surface area is 108 Å². The van der Waals surface area contributed by atoms with Gasteiger partial charge in [-0.15, -0.1) is 0 Å². The fourth-order valence-corrected chi connectivity index (χ4v) is 1.16. The average Bonchev–Trinajstić information content (AvgIpc) is 2.27. The first-order valence-electron chi connectivity index (χ1n) is 5.49. The van der Waals surface area contributed by atoms with E-state index in [1.807, 2.05) is 0 Å². The van der Waals surface area contributed by atoms with Crippen LogP contribution in [-0.4, -0.2) is 18.0 Å². The van der Waals surface area contributed by atoms with Gasteiger partial charge in [0, 0.05) is 17.3 Å². The molecule has 19 heavy (non-hydrogen) atoms. The molecule has 0 unspecified atom stereocenters. The Morgan fingerprint density at radius 3 is 2.11 bits per heavy atom. The molecule has 0 saturated heterocycles. The first-order valence-corrected chi connectivity index (χ1v) is 5.49. The molecule has 0 fully saturated rings. The van der Waals surface area contributed by atoms with Crippen molar-refractivity contribution in [1.29, 1.82) is 0 Å². The van der Waals surface area contributed by atoms with Crippen molar-refractivity contribution in [3.8, 4) is 0 Å². The Kier molecular flexibility index (Phi) is 4.52. The number of carbonyl (C=O) groups excluding carboxylic acids is 2. The van der Waals surface area contributed by atoms with Crippen LogP contribution in [0.3, 0.4) is 0 Å². The van der Waals surface area contributed by atoms with Crippen LogP contribution in [0.25, 0.3) is 0 Å². The minimum Gasteiger partial charge on any atom is -0.326 e. The van der Waals surface area contributed by atoms with E-state index < -0.39 is 12.1 Å². The molecule has 104 valence electrons. The lowest BCUT2D eigenvalue weighted by molar-refractivity contribution is -0.167. The quantitative estimate of drug-likeness (QED) is 0.890. The lowest BCUT2D eigenvalue weighted by Gasteiger charge is -2.11. The highest BCUT2D eigenvalue weighted by atomic mass is 19.4. The minimum absolute atomic E-state index is 0.0381. The minimum atomic E-state index is -4.95. The number of rotatable bonds is 3. The largest absolute Gasteiger partial charge is 0.471 e. The molecule has 0 radical (unpaired) electrons. The summed E-state index contributed by atoms with van der Waals surface area (Å²) in [6, 6.07) is 5.50. The van der Waals surface area contributed by atoms with Crippen LogP contribution in [0.5, 0.6) is 0 Å². The maximum Gasteiger partial charge on any atom is 0.471 e. The molecule has 0 aliphatic heterocycles. The molecule has 4 nitrogen and oxygen atoms in total. The fourth-order valence-electron chi connectivity index (χ4n) is 1.16. The van der Waals surface area contributed by atoms with E-state index in [2.05, 4.69) is 5.32 Å². The number of anilines is 2. The van der Waals surface area contributed by atoms with Gasteiger partial charge < -0.3 is 10.6 Å². The molecule has 1 aromatic carbocycles. The standard InChI is InChI=1S/C12H13F3N2O2/c1-7(2)10(18)16-8-4-3-5-9(6-8)17-11(19)12(13,14)15/h3-7H,1-2H3,(H,16,18)(H,17,19). The fraction of sp³-hybridized carbons (Fsp3) is 0.333. The molecule has 2 amide bonds. The third-order valence-corrected chi connectivity index (χ3v) is 2.17. The molecule has 0 aliphatic carbocycles. The van der Waals surface area contributed by atoms with Crippen molar-refractivity contribution < 1.29 is 22.8 Å². The van der Waals surface area contributed by atoms with Crippen LogP contribution in [-0.2, 0) is 9.59 Å². The average molecular weight is 274 g/mol. The van der Waals surface area contributed by atoms with E-state index >= 15 is 0 Å². The van der Waals surface area contributed by atoms with Crippen LogP contribution in [0.4, 0.5) is 24.5 Å². The molecule has 0 heterocycles. The summed E-state index contributed by atoms with van der Waals surface area (Å²) < 4.78 is 36.2. The van der Waals surface area contributed by atoms with E-state index in [9.17, 15) is 22.8 Å². The van der Waals surface area contributed by atoms with Gasteiger partial charge in [0.25, 0.3) is 0 Å². The van der Waals surface area contributed by atoms with Crippen molar-refractivity contribution in [1.82, 2.24) is 0 Å². The Bertz CT molecular complexity index is 484. The van der Waals surface area contributed by atoms with Crippen molar-refractivity contribution in [2.45, 2.75) is 20.0 Å². The Morgan fingerprint density at radius 1 is 1.11 bits per heavy atom. The highest BCUT2D eigenvalue weighted by Crippen LogP contribution is 2.20. The Morgan fingerprint density at radius 2 is 1.63 bits per heavy atom. The predicted octanol–water partition coefficient (Wildman–Crippen LogP) is 2.78. The van der Waals surface area contributed by atoms with Crippen molar-refractivity contribution >= 4 is 23.2 Å². The van der Waals surface area contributed by atoms with Crippen molar-refractivity contribution in [2.24, 2.45) is 5.92 Å². The van der Waals surface area contributed by atoms with Crippen LogP contribution >= 0.6 is 0 Å². The van der Waals surface area contributed by atoms with E-state index in [0.29, 0.717) is 5.69 Å². The van der Waals surface area contributed by atoms with Crippen LogP contribution < -0.4 is 10.6 Å². The molecule has 7 heteroatoms.